The van der Waals surface area contributed by atoms with E-state index in [0.29, 0.717) is 32.7 Å². The normalized spacial score (nSPS) is 11.1. The number of halogens is 7. The van der Waals surface area contributed by atoms with Gasteiger partial charge in [-0.25, -0.2) is 17.6 Å². The van der Waals surface area contributed by atoms with E-state index in [1.807, 2.05) is 5.43 Å². The van der Waals surface area contributed by atoms with Gasteiger partial charge in [-0.05, 0) is 57.9 Å². The van der Waals surface area contributed by atoms with Crippen molar-refractivity contribution in [3.05, 3.63) is 85.3 Å². The average Bonchev–Trinajstić information content (AvgIpc) is 2.78. The molecule has 0 aliphatic carbocycles. The van der Waals surface area contributed by atoms with Crippen LogP contribution in [0.4, 0.5) is 23.2 Å². The second-order valence-electron chi connectivity index (χ2n) is 6.25. The molecule has 3 aromatic carbocycles. The summed E-state index contributed by atoms with van der Waals surface area (Å²) in [6.07, 6.45) is 1.20. The van der Waals surface area contributed by atoms with Crippen molar-refractivity contribution < 1.29 is 27.0 Å². The van der Waals surface area contributed by atoms with Crippen LogP contribution in [-0.2, 0) is 6.61 Å². The van der Waals surface area contributed by atoms with Gasteiger partial charge < -0.3 is 9.47 Å². The molecule has 168 valence electrons. The lowest BCUT2D eigenvalue weighted by Gasteiger charge is -2.12. The van der Waals surface area contributed by atoms with Crippen molar-refractivity contribution in [3.8, 4) is 11.5 Å². The van der Waals surface area contributed by atoms with E-state index in [1.54, 1.807) is 30.3 Å². The van der Waals surface area contributed by atoms with Crippen molar-refractivity contribution in [2.24, 2.45) is 5.10 Å². The summed E-state index contributed by atoms with van der Waals surface area (Å²) in [5, 5.41) is 4.46. The van der Waals surface area contributed by atoms with Crippen LogP contribution in [0.2, 0.25) is 10.0 Å². The molecular formula is C21H13BrCl2F4N2O2. The van der Waals surface area contributed by atoms with Gasteiger partial charge in [-0.15, -0.1) is 0 Å². The van der Waals surface area contributed by atoms with Crippen LogP contribution in [0.5, 0.6) is 11.5 Å². The Kier molecular flexibility index (Phi) is 7.86. The SMILES string of the molecule is COc1ccc(/C=N/Nc2c(F)c(F)c(Br)c(F)c2F)cc1COc1ccc(Cl)cc1Cl. The first-order valence-corrected chi connectivity index (χ1v) is 10.3. The molecule has 0 aromatic heterocycles. The molecule has 0 radical (unpaired) electrons. The number of nitrogens with one attached hydrogen (secondary N) is 1. The van der Waals surface area contributed by atoms with E-state index in [4.69, 9.17) is 32.7 Å². The monoisotopic (exact) mass is 550 g/mol. The van der Waals surface area contributed by atoms with E-state index in [0.717, 1.165) is 0 Å². The van der Waals surface area contributed by atoms with E-state index < -0.39 is 33.4 Å². The number of rotatable bonds is 7. The molecule has 3 rings (SSSR count). The predicted molar refractivity (Wildman–Crippen MR) is 119 cm³/mol. The second kappa shape index (κ2) is 10.4. The fourth-order valence-electron chi connectivity index (χ4n) is 2.61. The molecule has 0 heterocycles. The third-order valence-electron chi connectivity index (χ3n) is 4.18. The molecule has 0 fully saturated rings. The fraction of sp³-hybridized carbons (Fsp3) is 0.0952. The number of hydrogen-bond donors (Lipinski definition) is 1. The Morgan fingerprint density at radius 2 is 1.62 bits per heavy atom. The van der Waals surface area contributed by atoms with Crippen molar-refractivity contribution in [2.75, 3.05) is 12.5 Å². The minimum absolute atomic E-state index is 0.0754. The lowest BCUT2D eigenvalue weighted by molar-refractivity contribution is 0.297. The first-order chi connectivity index (χ1) is 15.2. The van der Waals surface area contributed by atoms with Crippen LogP contribution in [0.3, 0.4) is 0 Å². The molecule has 0 atom stereocenters. The van der Waals surface area contributed by atoms with Gasteiger partial charge in [-0.3, -0.25) is 5.43 Å². The Balaban J connectivity index is 1.79. The van der Waals surface area contributed by atoms with Gasteiger partial charge in [0, 0.05) is 10.6 Å². The van der Waals surface area contributed by atoms with Gasteiger partial charge in [0.25, 0.3) is 0 Å². The largest absolute Gasteiger partial charge is 0.496 e. The average molecular weight is 552 g/mol. The molecule has 3 aromatic rings. The Bertz CT molecular complexity index is 1170. The summed E-state index contributed by atoms with van der Waals surface area (Å²) >= 11 is 14.4. The molecule has 1 N–H and O–H groups in total. The van der Waals surface area contributed by atoms with Gasteiger partial charge in [0.15, 0.2) is 23.3 Å². The van der Waals surface area contributed by atoms with Crippen molar-refractivity contribution in [1.82, 2.24) is 0 Å². The third kappa shape index (κ3) is 5.28. The second-order valence-corrected chi connectivity index (χ2v) is 7.89. The lowest BCUT2D eigenvalue weighted by Crippen LogP contribution is -2.04. The number of hydrogen-bond acceptors (Lipinski definition) is 4. The summed E-state index contributed by atoms with van der Waals surface area (Å²) in [6.45, 7) is 0.0754. The number of nitrogens with zero attached hydrogens (tertiary/aromatic N) is 1. The highest BCUT2D eigenvalue weighted by atomic mass is 79.9. The summed E-state index contributed by atoms with van der Waals surface area (Å²) in [6, 6.07) is 9.66. The molecule has 11 heteroatoms. The molecular weight excluding hydrogens is 539 g/mol. The predicted octanol–water partition coefficient (Wildman–Crippen LogP) is 7.35. The quantitative estimate of drug-likeness (QED) is 0.110. The van der Waals surface area contributed by atoms with E-state index in [1.165, 1.54) is 19.4 Å². The van der Waals surface area contributed by atoms with Crippen molar-refractivity contribution in [2.45, 2.75) is 6.61 Å². The first-order valence-electron chi connectivity index (χ1n) is 8.78. The molecule has 0 aliphatic rings. The van der Waals surface area contributed by atoms with Crippen LogP contribution in [0.1, 0.15) is 11.1 Å². The van der Waals surface area contributed by atoms with Gasteiger partial charge in [0.05, 0.1) is 22.8 Å². The maximum atomic E-state index is 13.9. The number of hydrazone groups is 1. The lowest BCUT2D eigenvalue weighted by atomic mass is 10.1. The van der Waals surface area contributed by atoms with Crippen molar-refractivity contribution in [3.63, 3.8) is 0 Å². The summed E-state index contributed by atoms with van der Waals surface area (Å²) in [7, 11) is 1.48. The van der Waals surface area contributed by atoms with E-state index >= 15 is 0 Å². The van der Waals surface area contributed by atoms with E-state index in [9.17, 15) is 17.6 Å². The summed E-state index contributed by atoms with van der Waals surface area (Å²) in [5.74, 6) is -5.47. The standard InChI is InChI=1S/C21H13BrCl2F4N2O2/c1-31-14-4-2-10(6-11(14)9-32-15-5-3-12(23)7-13(15)24)8-29-30-21-19(27)17(25)16(22)18(26)20(21)28/h2-8,30H,9H2,1H3/b29-8+. The number of benzene rings is 3. The molecule has 0 saturated heterocycles. The third-order valence-corrected chi connectivity index (χ3v) is 5.41. The molecule has 0 amide bonds. The highest BCUT2D eigenvalue weighted by Crippen LogP contribution is 2.32. The Hall–Kier alpha value is -2.49. The molecule has 0 spiro atoms. The van der Waals surface area contributed by atoms with Crippen LogP contribution >= 0.6 is 39.1 Å². The zero-order valence-electron chi connectivity index (χ0n) is 16.2. The molecule has 0 bridgehead atoms. The Morgan fingerprint density at radius 1 is 0.969 bits per heavy atom. The maximum absolute atomic E-state index is 13.9. The minimum Gasteiger partial charge on any atom is -0.496 e. The Morgan fingerprint density at radius 3 is 2.25 bits per heavy atom. The van der Waals surface area contributed by atoms with Crippen molar-refractivity contribution >= 4 is 51.0 Å². The summed E-state index contributed by atoms with van der Waals surface area (Å²) < 4.78 is 65.1. The van der Waals surface area contributed by atoms with Gasteiger partial charge >= 0.3 is 0 Å². The molecule has 0 saturated carbocycles. The molecule has 0 unspecified atom stereocenters. The number of methoxy groups -OCH3 is 1. The topological polar surface area (TPSA) is 42.8 Å². The van der Waals surface area contributed by atoms with Gasteiger partial charge in [0.2, 0.25) is 0 Å². The van der Waals surface area contributed by atoms with Crippen molar-refractivity contribution in [1.29, 1.82) is 0 Å². The number of ether oxygens (including phenoxy) is 2. The summed E-state index contributed by atoms with van der Waals surface area (Å²) in [4.78, 5) is 0. The first kappa shape index (κ1) is 24.2. The molecule has 32 heavy (non-hydrogen) atoms. The van der Waals surface area contributed by atoms with Crippen LogP contribution < -0.4 is 14.9 Å². The maximum Gasteiger partial charge on any atom is 0.188 e. The van der Waals surface area contributed by atoms with E-state index in [-0.39, 0.29) is 6.61 Å². The molecule has 4 nitrogen and oxygen atoms in total. The zero-order chi connectivity index (χ0) is 23.4. The minimum atomic E-state index is -1.61. The van der Waals surface area contributed by atoms with Gasteiger partial charge in [-0.1, -0.05) is 23.2 Å². The summed E-state index contributed by atoms with van der Waals surface area (Å²) in [5.41, 5.74) is 2.02. The number of anilines is 1. The van der Waals surface area contributed by atoms with Crippen LogP contribution in [0, 0.1) is 23.3 Å². The van der Waals surface area contributed by atoms with Crippen LogP contribution in [0.25, 0.3) is 0 Å². The molecule has 0 aliphatic heterocycles. The van der Waals surface area contributed by atoms with Gasteiger partial charge in [-0.2, -0.15) is 5.10 Å². The fourth-order valence-corrected chi connectivity index (χ4v) is 3.42. The van der Waals surface area contributed by atoms with Crippen LogP contribution in [0.15, 0.2) is 46.0 Å². The Labute approximate surface area is 198 Å². The van der Waals surface area contributed by atoms with Crippen LogP contribution in [-0.4, -0.2) is 13.3 Å². The van der Waals surface area contributed by atoms with E-state index in [2.05, 4.69) is 21.0 Å². The van der Waals surface area contributed by atoms with Gasteiger partial charge in [0.1, 0.15) is 23.8 Å². The zero-order valence-corrected chi connectivity index (χ0v) is 19.3. The highest BCUT2D eigenvalue weighted by molar-refractivity contribution is 9.10. The smallest absolute Gasteiger partial charge is 0.188 e. The highest BCUT2D eigenvalue weighted by Gasteiger charge is 2.23.